The van der Waals surface area contributed by atoms with Crippen LogP contribution >= 0.6 is 0 Å². The van der Waals surface area contributed by atoms with E-state index in [0.717, 1.165) is 25.7 Å². The first-order chi connectivity index (χ1) is 7.51. The number of hydrogen-bond donors (Lipinski definition) is 0. The zero-order valence-electron chi connectivity index (χ0n) is 10.5. The minimum atomic E-state index is -0.562. The van der Waals surface area contributed by atoms with E-state index in [4.69, 9.17) is 4.74 Å². The highest BCUT2D eigenvalue weighted by Gasteiger charge is 2.43. The van der Waals surface area contributed by atoms with Gasteiger partial charge >= 0.3 is 5.97 Å². The van der Waals surface area contributed by atoms with Crippen LogP contribution in [0.15, 0.2) is 0 Å². The lowest BCUT2D eigenvalue weighted by atomic mass is 9.66. The summed E-state index contributed by atoms with van der Waals surface area (Å²) in [5.74, 6) is -0.949. The van der Waals surface area contributed by atoms with Gasteiger partial charge in [-0.15, -0.1) is 0 Å². The van der Waals surface area contributed by atoms with E-state index in [-0.39, 0.29) is 17.2 Å². The lowest BCUT2D eigenvalue weighted by Gasteiger charge is -2.38. The summed E-state index contributed by atoms with van der Waals surface area (Å²) in [6, 6.07) is 0. The first-order valence-electron chi connectivity index (χ1n) is 6.18. The summed E-state index contributed by atoms with van der Waals surface area (Å²) in [7, 11) is 0. The van der Waals surface area contributed by atoms with Crippen molar-refractivity contribution in [2.75, 3.05) is 6.61 Å². The van der Waals surface area contributed by atoms with Gasteiger partial charge in [0.05, 0.1) is 6.61 Å². The molecule has 0 aliphatic heterocycles. The third kappa shape index (κ3) is 2.83. The highest BCUT2D eigenvalue weighted by atomic mass is 16.5. The lowest BCUT2D eigenvalue weighted by Crippen LogP contribution is -2.40. The summed E-state index contributed by atoms with van der Waals surface area (Å²) in [4.78, 5) is 23.5. The molecular weight excluding hydrogens is 204 g/mol. The fraction of sp³-hybridized carbons (Fsp3) is 0.846. The number of hydrogen-bond acceptors (Lipinski definition) is 3. The summed E-state index contributed by atoms with van der Waals surface area (Å²) in [5, 5.41) is 0. The van der Waals surface area contributed by atoms with Crippen LogP contribution in [-0.4, -0.2) is 18.4 Å². The van der Waals surface area contributed by atoms with Crippen molar-refractivity contribution in [1.82, 2.24) is 0 Å². The molecule has 92 valence electrons. The molecule has 1 fully saturated rings. The summed E-state index contributed by atoms with van der Waals surface area (Å²) < 4.78 is 5.02. The average Bonchev–Trinajstić information content (AvgIpc) is 2.17. The molecule has 1 atom stereocenters. The van der Waals surface area contributed by atoms with Gasteiger partial charge in [0.1, 0.15) is 11.7 Å². The molecule has 3 heteroatoms. The van der Waals surface area contributed by atoms with Crippen LogP contribution in [0, 0.1) is 11.3 Å². The molecule has 0 bridgehead atoms. The minimum Gasteiger partial charge on any atom is -0.465 e. The first-order valence-corrected chi connectivity index (χ1v) is 6.18. The van der Waals surface area contributed by atoms with Crippen LogP contribution in [-0.2, 0) is 14.3 Å². The van der Waals surface area contributed by atoms with Gasteiger partial charge in [0.2, 0.25) is 0 Å². The van der Waals surface area contributed by atoms with Gasteiger partial charge in [-0.05, 0) is 32.1 Å². The van der Waals surface area contributed by atoms with Crippen molar-refractivity contribution >= 4 is 11.8 Å². The van der Waals surface area contributed by atoms with E-state index in [0.29, 0.717) is 6.61 Å². The Morgan fingerprint density at radius 1 is 1.25 bits per heavy atom. The van der Waals surface area contributed by atoms with Crippen molar-refractivity contribution < 1.29 is 14.3 Å². The number of ether oxygens (including phenoxy) is 1. The van der Waals surface area contributed by atoms with E-state index < -0.39 is 5.92 Å². The van der Waals surface area contributed by atoms with Gasteiger partial charge < -0.3 is 4.74 Å². The maximum Gasteiger partial charge on any atom is 0.317 e. The third-order valence-corrected chi connectivity index (χ3v) is 3.62. The maximum atomic E-state index is 11.8. The molecule has 0 saturated heterocycles. The Bertz CT molecular complexity index is 264. The van der Waals surface area contributed by atoms with Gasteiger partial charge in [-0.2, -0.15) is 0 Å². The molecule has 0 N–H and O–H groups in total. The van der Waals surface area contributed by atoms with E-state index in [1.807, 2.05) is 0 Å². The summed E-state index contributed by atoms with van der Waals surface area (Å²) >= 11 is 0. The SMILES string of the molecule is CCOC(=O)C(C(C)=O)C1(C)CCCCC1. The molecule has 0 aromatic rings. The second-order valence-corrected chi connectivity index (χ2v) is 5.01. The van der Waals surface area contributed by atoms with Crippen LogP contribution < -0.4 is 0 Å². The highest BCUT2D eigenvalue weighted by Crippen LogP contribution is 2.43. The van der Waals surface area contributed by atoms with E-state index in [9.17, 15) is 9.59 Å². The number of rotatable bonds is 4. The van der Waals surface area contributed by atoms with Crippen LogP contribution in [0.3, 0.4) is 0 Å². The molecule has 1 aliphatic rings. The maximum absolute atomic E-state index is 11.8. The quantitative estimate of drug-likeness (QED) is 0.547. The largest absolute Gasteiger partial charge is 0.465 e. The molecule has 3 nitrogen and oxygen atoms in total. The number of Topliss-reactive ketones (excluding diaryl/α,β-unsaturated/α-hetero) is 1. The Balaban J connectivity index is 2.83. The second-order valence-electron chi connectivity index (χ2n) is 5.01. The molecule has 0 heterocycles. The number of carbonyl (C=O) groups is 2. The first kappa shape index (κ1) is 13.2. The molecule has 0 spiro atoms. The molecule has 0 aromatic heterocycles. The molecule has 0 amide bonds. The van der Waals surface area contributed by atoms with E-state index >= 15 is 0 Å². The predicted molar refractivity (Wildman–Crippen MR) is 62.0 cm³/mol. The number of ketones is 1. The Labute approximate surface area is 97.5 Å². The van der Waals surface area contributed by atoms with Gasteiger partial charge in [0.25, 0.3) is 0 Å². The van der Waals surface area contributed by atoms with Crippen LogP contribution in [0.1, 0.15) is 52.9 Å². The van der Waals surface area contributed by atoms with Gasteiger partial charge in [-0.25, -0.2) is 0 Å². The third-order valence-electron chi connectivity index (χ3n) is 3.62. The minimum absolute atomic E-state index is 0.0529. The van der Waals surface area contributed by atoms with Crippen molar-refractivity contribution in [3.05, 3.63) is 0 Å². The predicted octanol–water partition coefficient (Wildman–Crippen LogP) is 2.73. The van der Waals surface area contributed by atoms with Crippen molar-refractivity contribution in [1.29, 1.82) is 0 Å². The average molecular weight is 226 g/mol. The van der Waals surface area contributed by atoms with Gasteiger partial charge in [-0.3, -0.25) is 9.59 Å². The van der Waals surface area contributed by atoms with Crippen molar-refractivity contribution in [3.8, 4) is 0 Å². The molecule has 1 saturated carbocycles. The van der Waals surface area contributed by atoms with Crippen molar-refractivity contribution in [2.24, 2.45) is 11.3 Å². The van der Waals surface area contributed by atoms with Crippen molar-refractivity contribution in [2.45, 2.75) is 52.9 Å². The van der Waals surface area contributed by atoms with Crippen LogP contribution in [0.4, 0.5) is 0 Å². The van der Waals surface area contributed by atoms with Gasteiger partial charge in [0, 0.05) is 0 Å². The van der Waals surface area contributed by atoms with Gasteiger partial charge in [-0.1, -0.05) is 26.2 Å². The Hall–Kier alpha value is -0.860. The smallest absolute Gasteiger partial charge is 0.317 e. The molecule has 0 aromatic carbocycles. The Kier molecular flexibility index (Phi) is 4.51. The molecule has 16 heavy (non-hydrogen) atoms. The fourth-order valence-electron chi connectivity index (χ4n) is 2.81. The zero-order chi connectivity index (χ0) is 12.2. The Morgan fingerprint density at radius 3 is 2.25 bits per heavy atom. The Morgan fingerprint density at radius 2 is 1.81 bits per heavy atom. The van der Waals surface area contributed by atoms with E-state index in [2.05, 4.69) is 6.92 Å². The van der Waals surface area contributed by atoms with Crippen LogP contribution in [0.2, 0.25) is 0 Å². The fourth-order valence-corrected chi connectivity index (χ4v) is 2.81. The zero-order valence-corrected chi connectivity index (χ0v) is 10.5. The van der Waals surface area contributed by atoms with E-state index in [1.165, 1.54) is 13.3 Å². The number of carbonyl (C=O) groups excluding carboxylic acids is 2. The highest BCUT2D eigenvalue weighted by molar-refractivity contribution is 5.98. The lowest BCUT2D eigenvalue weighted by molar-refractivity contribution is -0.157. The molecule has 0 radical (unpaired) electrons. The second kappa shape index (κ2) is 5.46. The topological polar surface area (TPSA) is 43.4 Å². The summed E-state index contributed by atoms with van der Waals surface area (Å²) in [6.45, 7) is 5.67. The molecule has 1 unspecified atom stereocenters. The van der Waals surface area contributed by atoms with E-state index in [1.54, 1.807) is 6.92 Å². The van der Waals surface area contributed by atoms with Crippen LogP contribution in [0.5, 0.6) is 0 Å². The number of esters is 1. The normalized spacial score (nSPS) is 21.2. The summed E-state index contributed by atoms with van der Waals surface area (Å²) in [5.41, 5.74) is -0.184. The van der Waals surface area contributed by atoms with Crippen molar-refractivity contribution in [3.63, 3.8) is 0 Å². The van der Waals surface area contributed by atoms with Crippen LogP contribution in [0.25, 0.3) is 0 Å². The molecule has 1 aliphatic carbocycles. The monoisotopic (exact) mass is 226 g/mol. The molecular formula is C13H22O3. The summed E-state index contributed by atoms with van der Waals surface area (Å²) in [6.07, 6.45) is 5.34. The van der Waals surface area contributed by atoms with Gasteiger partial charge in [0.15, 0.2) is 0 Å². The molecule has 1 rings (SSSR count). The standard InChI is InChI=1S/C13H22O3/c1-4-16-12(15)11(10(2)14)13(3)8-6-5-7-9-13/h11H,4-9H2,1-3H3.